The number of rotatable bonds is 5. The molecule has 0 fully saturated rings. The van der Waals surface area contributed by atoms with Gasteiger partial charge in [-0.25, -0.2) is 9.97 Å². The van der Waals surface area contributed by atoms with Crippen LogP contribution in [0.3, 0.4) is 0 Å². The summed E-state index contributed by atoms with van der Waals surface area (Å²) in [6.45, 7) is 0. The topological polar surface area (TPSA) is 94.9 Å². The van der Waals surface area contributed by atoms with Crippen molar-refractivity contribution >= 4 is 29.2 Å². The fraction of sp³-hybridized carbons (Fsp3) is 0.0556. The van der Waals surface area contributed by atoms with Crippen molar-refractivity contribution in [2.45, 2.75) is 10.4 Å². The van der Waals surface area contributed by atoms with Crippen LogP contribution in [0.4, 0.5) is 11.6 Å². The van der Waals surface area contributed by atoms with Crippen molar-refractivity contribution in [3.8, 4) is 0 Å². The fourth-order valence-electron chi connectivity index (χ4n) is 2.27. The van der Waals surface area contributed by atoms with Crippen LogP contribution in [0.25, 0.3) is 0 Å². The first-order valence-corrected chi connectivity index (χ1v) is 8.22. The summed E-state index contributed by atoms with van der Waals surface area (Å²) in [7, 11) is 0. The number of Topliss-reactive ketones (excluding diaryl/α,β-unsaturated/α-hetero) is 1. The number of anilines is 2. The maximum Gasteiger partial charge on any atom is 0.192 e. The smallest absolute Gasteiger partial charge is 0.192 e. The predicted octanol–water partition coefficient (Wildman–Crippen LogP) is 3.36. The monoisotopic (exact) mass is 336 g/mol. The van der Waals surface area contributed by atoms with Gasteiger partial charge in [-0.05, 0) is 5.56 Å². The van der Waals surface area contributed by atoms with E-state index in [1.807, 2.05) is 48.5 Å². The SMILES string of the molecule is Nc1cc(N)nc(SC(C(=O)c2ccccc2)c2ccccc2)n1. The Bertz CT molecular complexity index is 820. The summed E-state index contributed by atoms with van der Waals surface area (Å²) < 4.78 is 0. The minimum atomic E-state index is -0.477. The second-order valence-electron chi connectivity index (χ2n) is 5.14. The predicted molar refractivity (Wildman–Crippen MR) is 96.7 cm³/mol. The lowest BCUT2D eigenvalue weighted by Crippen LogP contribution is -2.11. The lowest BCUT2D eigenvalue weighted by Gasteiger charge is -2.15. The van der Waals surface area contributed by atoms with Crippen molar-refractivity contribution in [1.29, 1.82) is 0 Å². The van der Waals surface area contributed by atoms with Crippen molar-refractivity contribution in [3.05, 3.63) is 77.9 Å². The Kier molecular flexibility index (Phi) is 4.77. The largest absolute Gasteiger partial charge is 0.383 e. The van der Waals surface area contributed by atoms with Crippen molar-refractivity contribution < 1.29 is 4.79 Å². The van der Waals surface area contributed by atoms with Gasteiger partial charge in [0.1, 0.15) is 16.9 Å². The van der Waals surface area contributed by atoms with Gasteiger partial charge in [-0.2, -0.15) is 0 Å². The van der Waals surface area contributed by atoms with Crippen LogP contribution in [0.5, 0.6) is 0 Å². The minimum absolute atomic E-state index is 0.0172. The Hall–Kier alpha value is -2.86. The lowest BCUT2D eigenvalue weighted by molar-refractivity contribution is 0.0989. The van der Waals surface area contributed by atoms with Gasteiger partial charge >= 0.3 is 0 Å². The van der Waals surface area contributed by atoms with E-state index in [9.17, 15) is 4.79 Å². The molecule has 4 N–H and O–H groups in total. The molecule has 0 aliphatic rings. The third kappa shape index (κ3) is 3.72. The highest BCUT2D eigenvalue weighted by atomic mass is 32.2. The third-order valence-electron chi connectivity index (χ3n) is 3.37. The van der Waals surface area contributed by atoms with Crippen LogP contribution < -0.4 is 11.5 Å². The van der Waals surface area contributed by atoms with Crippen LogP contribution in [0.2, 0.25) is 0 Å². The number of nitrogens with zero attached hydrogens (tertiary/aromatic N) is 2. The van der Waals surface area contributed by atoms with E-state index in [0.717, 1.165) is 5.56 Å². The van der Waals surface area contributed by atoms with E-state index < -0.39 is 5.25 Å². The molecule has 6 heteroatoms. The van der Waals surface area contributed by atoms with Crippen molar-refractivity contribution in [2.24, 2.45) is 0 Å². The zero-order valence-electron chi connectivity index (χ0n) is 12.8. The molecule has 24 heavy (non-hydrogen) atoms. The van der Waals surface area contributed by atoms with Gasteiger partial charge in [0.15, 0.2) is 10.9 Å². The number of hydrogen-bond acceptors (Lipinski definition) is 6. The fourth-order valence-corrected chi connectivity index (χ4v) is 3.34. The summed E-state index contributed by atoms with van der Waals surface area (Å²) in [6.07, 6.45) is 0. The van der Waals surface area contributed by atoms with Crippen LogP contribution in [0, 0.1) is 0 Å². The molecule has 0 aliphatic heterocycles. The lowest BCUT2D eigenvalue weighted by atomic mass is 10.0. The second kappa shape index (κ2) is 7.14. The van der Waals surface area contributed by atoms with Crippen LogP contribution in [-0.2, 0) is 0 Å². The van der Waals surface area contributed by atoms with E-state index in [1.54, 1.807) is 12.1 Å². The van der Waals surface area contributed by atoms with E-state index in [0.29, 0.717) is 10.7 Å². The van der Waals surface area contributed by atoms with Crippen LogP contribution in [0.15, 0.2) is 71.9 Å². The summed E-state index contributed by atoms with van der Waals surface area (Å²) in [5, 5.41) is -0.0968. The summed E-state index contributed by atoms with van der Waals surface area (Å²) in [5.41, 5.74) is 13.0. The van der Waals surface area contributed by atoms with Gasteiger partial charge in [0.2, 0.25) is 0 Å². The molecule has 3 aromatic rings. The van der Waals surface area contributed by atoms with Gasteiger partial charge in [-0.1, -0.05) is 72.4 Å². The molecule has 5 nitrogen and oxygen atoms in total. The summed E-state index contributed by atoms with van der Waals surface area (Å²) in [5.74, 6) is 0.546. The van der Waals surface area contributed by atoms with Crippen LogP contribution in [0.1, 0.15) is 21.2 Å². The quantitative estimate of drug-likeness (QED) is 0.421. The maximum absolute atomic E-state index is 13.0. The van der Waals surface area contributed by atoms with Crippen LogP contribution >= 0.6 is 11.8 Å². The number of thioether (sulfide) groups is 1. The zero-order chi connectivity index (χ0) is 16.9. The molecular weight excluding hydrogens is 320 g/mol. The first-order chi connectivity index (χ1) is 11.6. The molecule has 0 saturated heterocycles. The number of nitrogens with two attached hydrogens (primary N) is 2. The average molecular weight is 336 g/mol. The van der Waals surface area contributed by atoms with E-state index in [4.69, 9.17) is 11.5 Å². The highest BCUT2D eigenvalue weighted by molar-refractivity contribution is 8.00. The molecule has 0 amide bonds. The summed E-state index contributed by atoms with van der Waals surface area (Å²) in [6, 6.07) is 20.2. The van der Waals surface area contributed by atoms with E-state index in [2.05, 4.69) is 9.97 Å². The van der Waals surface area contributed by atoms with E-state index >= 15 is 0 Å². The standard InChI is InChI=1S/C18H16N4OS/c19-14-11-15(20)22-18(21-14)24-17(13-9-5-2-6-10-13)16(23)12-7-3-1-4-8-12/h1-11,17H,(H4,19,20,21,22). The molecule has 0 spiro atoms. The molecule has 1 aromatic heterocycles. The van der Waals surface area contributed by atoms with Crippen molar-refractivity contribution in [1.82, 2.24) is 9.97 Å². The number of aromatic nitrogens is 2. The molecule has 3 rings (SSSR count). The molecule has 0 radical (unpaired) electrons. The Balaban J connectivity index is 1.98. The summed E-state index contributed by atoms with van der Waals surface area (Å²) >= 11 is 1.24. The Morgan fingerprint density at radius 1 is 0.875 bits per heavy atom. The Morgan fingerprint density at radius 3 is 2.00 bits per heavy atom. The summed E-state index contributed by atoms with van der Waals surface area (Å²) in [4.78, 5) is 21.3. The third-order valence-corrected chi connectivity index (χ3v) is 4.48. The first kappa shape index (κ1) is 16.0. The van der Waals surface area contributed by atoms with Crippen LogP contribution in [-0.4, -0.2) is 15.8 Å². The highest BCUT2D eigenvalue weighted by Gasteiger charge is 2.24. The minimum Gasteiger partial charge on any atom is -0.383 e. The molecule has 0 bridgehead atoms. The second-order valence-corrected chi connectivity index (χ2v) is 6.21. The highest BCUT2D eigenvalue weighted by Crippen LogP contribution is 2.36. The Labute approximate surface area is 144 Å². The van der Waals surface area contributed by atoms with Gasteiger partial charge in [0.05, 0.1) is 0 Å². The van der Waals surface area contributed by atoms with Gasteiger partial charge in [-0.3, -0.25) is 4.79 Å². The van der Waals surface area contributed by atoms with E-state index in [-0.39, 0.29) is 17.4 Å². The molecule has 0 aliphatic carbocycles. The number of benzene rings is 2. The normalized spacial score (nSPS) is 11.8. The molecule has 0 saturated carbocycles. The zero-order valence-corrected chi connectivity index (χ0v) is 13.6. The van der Waals surface area contributed by atoms with Gasteiger partial charge < -0.3 is 11.5 Å². The number of nitrogen functional groups attached to an aromatic ring is 2. The molecule has 2 aromatic carbocycles. The molecule has 1 heterocycles. The molecular formula is C18H16N4OS. The number of ketones is 1. The van der Waals surface area contributed by atoms with E-state index in [1.165, 1.54) is 17.8 Å². The Morgan fingerprint density at radius 2 is 1.42 bits per heavy atom. The molecule has 1 atom stereocenters. The number of carbonyl (C=O) groups is 1. The van der Waals surface area contributed by atoms with Crippen molar-refractivity contribution in [2.75, 3.05) is 11.5 Å². The van der Waals surface area contributed by atoms with Gasteiger partial charge in [0, 0.05) is 11.6 Å². The van der Waals surface area contributed by atoms with Gasteiger partial charge in [0.25, 0.3) is 0 Å². The maximum atomic E-state index is 13.0. The molecule has 1 unspecified atom stereocenters. The van der Waals surface area contributed by atoms with Gasteiger partial charge in [-0.15, -0.1) is 0 Å². The number of carbonyl (C=O) groups excluding carboxylic acids is 1. The van der Waals surface area contributed by atoms with Crippen molar-refractivity contribution in [3.63, 3.8) is 0 Å². The average Bonchev–Trinajstić information content (AvgIpc) is 2.60. The number of hydrogen-bond donors (Lipinski definition) is 2. The molecule has 120 valence electrons. The first-order valence-electron chi connectivity index (χ1n) is 7.34.